The first kappa shape index (κ1) is 20.3. The average molecular weight is 391 g/mol. The Labute approximate surface area is 171 Å². The third-order valence-corrected chi connectivity index (χ3v) is 4.17. The Hall–Kier alpha value is -3.47. The lowest BCUT2D eigenvalue weighted by molar-refractivity contribution is -0.118. The predicted octanol–water partition coefficient (Wildman–Crippen LogP) is 4.86. The van der Waals surface area contributed by atoms with Crippen LogP contribution in [-0.4, -0.2) is 25.7 Å². The number of hydrogen-bond acceptors (Lipinski definition) is 4. The fourth-order valence-corrected chi connectivity index (χ4v) is 2.69. The zero-order valence-electron chi connectivity index (χ0n) is 16.5. The van der Waals surface area contributed by atoms with Crippen molar-refractivity contribution in [2.24, 2.45) is 0 Å². The molecule has 150 valence electrons. The second-order valence-electron chi connectivity index (χ2n) is 6.46. The molecular formula is C24H25NO4. The van der Waals surface area contributed by atoms with E-state index in [0.29, 0.717) is 30.4 Å². The predicted molar refractivity (Wildman–Crippen MR) is 114 cm³/mol. The summed E-state index contributed by atoms with van der Waals surface area (Å²) in [4.78, 5) is 12.2. The van der Waals surface area contributed by atoms with Crippen LogP contribution in [0.4, 0.5) is 5.69 Å². The van der Waals surface area contributed by atoms with Gasteiger partial charge in [-0.25, -0.2) is 0 Å². The van der Waals surface area contributed by atoms with Crippen LogP contribution in [-0.2, 0) is 4.79 Å². The van der Waals surface area contributed by atoms with Crippen molar-refractivity contribution in [1.29, 1.82) is 0 Å². The summed E-state index contributed by atoms with van der Waals surface area (Å²) >= 11 is 0. The van der Waals surface area contributed by atoms with Crippen molar-refractivity contribution in [3.05, 3.63) is 84.4 Å². The Bertz CT molecular complexity index is 912. The SMILES string of the molecule is Cc1ccccc1OCCCOc1ccccc1NC(=O)COc1ccccc1. The third kappa shape index (κ3) is 6.57. The number of amides is 1. The monoisotopic (exact) mass is 391 g/mol. The van der Waals surface area contributed by atoms with Gasteiger partial charge in [0.25, 0.3) is 5.91 Å². The summed E-state index contributed by atoms with van der Waals surface area (Å²) in [5.74, 6) is 1.92. The number of nitrogens with one attached hydrogen (secondary N) is 1. The number of carbonyl (C=O) groups excluding carboxylic acids is 1. The van der Waals surface area contributed by atoms with Crippen molar-refractivity contribution in [3.8, 4) is 17.2 Å². The van der Waals surface area contributed by atoms with Gasteiger partial charge in [0.2, 0.25) is 0 Å². The molecule has 0 aliphatic rings. The van der Waals surface area contributed by atoms with Crippen molar-refractivity contribution in [2.45, 2.75) is 13.3 Å². The molecule has 5 nitrogen and oxygen atoms in total. The molecular weight excluding hydrogens is 366 g/mol. The standard InChI is InChI=1S/C24H25NO4/c1-19-10-5-7-14-22(19)27-16-9-17-28-23-15-8-6-13-21(23)25-24(26)18-29-20-11-3-2-4-12-20/h2-8,10-15H,9,16-18H2,1H3,(H,25,26). The van der Waals surface area contributed by atoms with Crippen LogP contribution in [0.1, 0.15) is 12.0 Å². The highest BCUT2D eigenvalue weighted by atomic mass is 16.5. The van der Waals surface area contributed by atoms with Gasteiger partial charge in [-0.3, -0.25) is 4.79 Å². The van der Waals surface area contributed by atoms with Crippen LogP contribution in [0.25, 0.3) is 0 Å². The summed E-state index contributed by atoms with van der Waals surface area (Å²) in [5, 5.41) is 2.83. The van der Waals surface area contributed by atoms with Gasteiger partial charge in [0.1, 0.15) is 17.2 Å². The van der Waals surface area contributed by atoms with E-state index in [4.69, 9.17) is 14.2 Å². The van der Waals surface area contributed by atoms with Crippen molar-refractivity contribution in [2.75, 3.05) is 25.1 Å². The minimum Gasteiger partial charge on any atom is -0.493 e. The smallest absolute Gasteiger partial charge is 0.262 e. The van der Waals surface area contributed by atoms with E-state index in [-0.39, 0.29) is 12.5 Å². The molecule has 5 heteroatoms. The molecule has 0 saturated heterocycles. The second-order valence-corrected chi connectivity index (χ2v) is 6.46. The molecule has 0 aliphatic heterocycles. The van der Waals surface area contributed by atoms with Crippen LogP contribution < -0.4 is 19.5 Å². The maximum atomic E-state index is 12.2. The highest BCUT2D eigenvalue weighted by Gasteiger charge is 2.08. The minimum absolute atomic E-state index is 0.0669. The first-order valence-corrected chi connectivity index (χ1v) is 9.60. The molecule has 0 aliphatic carbocycles. The molecule has 1 amide bonds. The first-order chi connectivity index (χ1) is 14.2. The molecule has 3 aromatic carbocycles. The number of anilines is 1. The number of para-hydroxylation sites is 4. The lowest BCUT2D eigenvalue weighted by Gasteiger charge is -2.13. The molecule has 0 bridgehead atoms. The first-order valence-electron chi connectivity index (χ1n) is 9.60. The van der Waals surface area contributed by atoms with E-state index < -0.39 is 0 Å². The molecule has 0 radical (unpaired) electrons. The van der Waals surface area contributed by atoms with Gasteiger partial charge in [-0.15, -0.1) is 0 Å². The summed E-state index contributed by atoms with van der Waals surface area (Å²) in [6.07, 6.45) is 0.730. The zero-order valence-corrected chi connectivity index (χ0v) is 16.5. The number of hydrogen-bond donors (Lipinski definition) is 1. The van der Waals surface area contributed by atoms with Gasteiger partial charge in [0.05, 0.1) is 18.9 Å². The topological polar surface area (TPSA) is 56.8 Å². The lowest BCUT2D eigenvalue weighted by atomic mass is 10.2. The van der Waals surface area contributed by atoms with Crippen LogP contribution in [0.15, 0.2) is 78.9 Å². The minimum atomic E-state index is -0.243. The normalized spacial score (nSPS) is 10.2. The van der Waals surface area contributed by atoms with E-state index in [1.807, 2.05) is 79.7 Å². The Balaban J connectivity index is 1.43. The van der Waals surface area contributed by atoms with E-state index in [1.165, 1.54) is 0 Å². The molecule has 0 fully saturated rings. The number of carbonyl (C=O) groups is 1. The summed E-state index contributed by atoms with van der Waals surface area (Å²) in [6, 6.07) is 24.5. The number of benzene rings is 3. The van der Waals surface area contributed by atoms with Gasteiger partial charge in [-0.2, -0.15) is 0 Å². The quantitative estimate of drug-likeness (QED) is 0.502. The third-order valence-electron chi connectivity index (χ3n) is 4.17. The molecule has 0 heterocycles. The van der Waals surface area contributed by atoms with Crippen LogP contribution >= 0.6 is 0 Å². The fourth-order valence-electron chi connectivity index (χ4n) is 2.69. The van der Waals surface area contributed by atoms with Crippen LogP contribution in [0, 0.1) is 6.92 Å². The molecule has 0 saturated carbocycles. The van der Waals surface area contributed by atoms with Gasteiger partial charge in [-0.1, -0.05) is 48.5 Å². The van der Waals surface area contributed by atoms with E-state index in [9.17, 15) is 4.79 Å². The fraction of sp³-hybridized carbons (Fsp3) is 0.208. The van der Waals surface area contributed by atoms with Crippen LogP contribution in [0.2, 0.25) is 0 Å². The molecule has 0 spiro atoms. The molecule has 3 aromatic rings. The lowest BCUT2D eigenvalue weighted by Crippen LogP contribution is -2.20. The zero-order chi connectivity index (χ0) is 20.3. The summed E-state index contributed by atoms with van der Waals surface area (Å²) < 4.78 is 17.1. The largest absolute Gasteiger partial charge is 0.493 e. The van der Waals surface area contributed by atoms with Crippen molar-refractivity contribution >= 4 is 11.6 Å². The molecule has 0 aromatic heterocycles. The van der Waals surface area contributed by atoms with E-state index in [2.05, 4.69) is 5.32 Å². The van der Waals surface area contributed by atoms with Crippen LogP contribution in [0.5, 0.6) is 17.2 Å². The molecule has 3 rings (SSSR count). The highest BCUT2D eigenvalue weighted by Crippen LogP contribution is 2.24. The number of aryl methyl sites for hydroxylation is 1. The Morgan fingerprint density at radius 1 is 0.759 bits per heavy atom. The van der Waals surface area contributed by atoms with Gasteiger partial charge < -0.3 is 19.5 Å². The average Bonchev–Trinajstić information content (AvgIpc) is 2.75. The molecule has 1 N–H and O–H groups in total. The summed E-state index contributed by atoms with van der Waals surface area (Å²) in [7, 11) is 0. The van der Waals surface area contributed by atoms with E-state index >= 15 is 0 Å². The molecule has 0 unspecified atom stereocenters. The van der Waals surface area contributed by atoms with Crippen molar-refractivity contribution in [3.63, 3.8) is 0 Å². The van der Waals surface area contributed by atoms with Gasteiger partial charge in [-0.05, 0) is 42.8 Å². The summed E-state index contributed by atoms with van der Waals surface area (Å²) in [6.45, 7) is 3.00. The maximum absolute atomic E-state index is 12.2. The van der Waals surface area contributed by atoms with Gasteiger partial charge >= 0.3 is 0 Å². The highest BCUT2D eigenvalue weighted by molar-refractivity contribution is 5.93. The number of ether oxygens (including phenoxy) is 3. The Morgan fingerprint density at radius 2 is 1.38 bits per heavy atom. The van der Waals surface area contributed by atoms with Crippen molar-refractivity contribution < 1.29 is 19.0 Å². The number of rotatable bonds is 10. The van der Waals surface area contributed by atoms with Gasteiger partial charge in [0, 0.05) is 6.42 Å². The molecule has 29 heavy (non-hydrogen) atoms. The van der Waals surface area contributed by atoms with E-state index in [0.717, 1.165) is 17.7 Å². The summed E-state index contributed by atoms with van der Waals surface area (Å²) in [5.41, 5.74) is 1.73. The Kier molecular flexibility index (Phi) is 7.52. The Morgan fingerprint density at radius 3 is 2.14 bits per heavy atom. The van der Waals surface area contributed by atoms with E-state index in [1.54, 1.807) is 6.07 Å². The van der Waals surface area contributed by atoms with Crippen molar-refractivity contribution in [1.82, 2.24) is 0 Å². The second kappa shape index (κ2) is 10.8. The molecule has 0 atom stereocenters. The maximum Gasteiger partial charge on any atom is 0.262 e. The van der Waals surface area contributed by atoms with Gasteiger partial charge in [0.15, 0.2) is 6.61 Å². The van der Waals surface area contributed by atoms with Crippen LogP contribution in [0.3, 0.4) is 0 Å².